The number of nitrogens with zero attached hydrogens (tertiary/aromatic N) is 1. The van der Waals surface area contributed by atoms with E-state index in [1.165, 1.54) is 5.69 Å². The summed E-state index contributed by atoms with van der Waals surface area (Å²) in [5.41, 5.74) is 10.2. The second kappa shape index (κ2) is 11.3. The molecule has 0 radical (unpaired) electrons. The zero-order valence-corrected chi connectivity index (χ0v) is 26.1. The largest absolute Gasteiger partial charge is 0.486 e. The maximum absolute atomic E-state index is 11.3. The van der Waals surface area contributed by atoms with E-state index >= 15 is 0 Å². The number of nitro benzene ring substituents is 1. The third-order valence-electron chi connectivity index (χ3n) is 6.10. The monoisotopic (exact) mass is 566 g/mol. The first-order chi connectivity index (χ1) is 18.0. The molecule has 4 aromatic rings. The van der Waals surface area contributed by atoms with Crippen LogP contribution >= 0.6 is 0 Å². The van der Waals surface area contributed by atoms with Crippen molar-refractivity contribution in [3.05, 3.63) is 57.9 Å². The third kappa shape index (κ3) is 8.65. The van der Waals surface area contributed by atoms with Gasteiger partial charge in [-0.1, -0.05) is 49.0 Å². The van der Waals surface area contributed by atoms with Gasteiger partial charge in [0.15, 0.2) is 5.75 Å². The molecule has 4 rings (SSSR count). The van der Waals surface area contributed by atoms with Crippen molar-refractivity contribution >= 4 is 33.2 Å². The lowest BCUT2D eigenvalue weighted by molar-refractivity contribution is -0.386. The molecule has 0 amide bonds. The van der Waals surface area contributed by atoms with Gasteiger partial charge < -0.3 is 25.2 Å². The van der Waals surface area contributed by atoms with Crippen molar-refractivity contribution < 1.29 is 14.4 Å². The quantitative estimate of drug-likeness (QED) is 0.130. The van der Waals surface area contributed by atoms with Crippen LogP contribution in [0.1, 0.15) is 102 Å². The summed E-state index contributed by atoms with van der Waals surface area (Å²) in [5, 5.41) is 13.2. The van der Waals surface area contributed by atoms with Crippen LogP contribution in [0, 0.1) is 10.1 Å². The van der Waals surface area contributed by atoms with Crippen molar-refractivity contribution in [3.63, 3.8) is 0 Å². The summed E-state index contributed by atoms with van der Waals surface area (Å²) < 4.78 is 11.6. The average molecular weight is 567 g/mol. The van der Waals surface area contributed by atoms with Gasteiger partial charge in [0.1, 0.15) is 17.0 Å². The summed E-state index contributed by atoms with van der Waals surface area (Å²) in [6.45, 7) is 24.5. The Bertz CT molecular complexity index is 1520. The first-order valence-corrected chi connectivity index (χ1v) is 13.7. The number of fused-ring (bicyclic) bond motifs is 2. The van der Waals surface area contributed by atoms with Gasteiger partial charge in [-0.05, 0) is 59.7 Å². The minimum absolute atomic E-state index is 0. The van der Waals surface area contributed by atoms with Crippen LogP contribution in [0.25, 0.3) is 21.8 Å². The summed E-state index contributed by atoms with van der Waals surface area (Å²) in [6.07, 6.45) is 0. The summed E-state index contributed by atoms with van der Waals surface area (Å²) in [7, 11) is 0. The first-order valence-electron chi connectivity index (χ1n) is 13.7. The van der Waals surface area contributed by atoms with Crippen LogP contribution in [0.15, 0.2) is 36.4 Å². The number of hydrogen-bond donors (Lipinski definition) is 3. The van der Waals surface area contributed by atoms with Crippen LogP contribution in [-0.2, 0) is 10.8 Å². The molecule has 0 unspecified atom stereocenters. The predicted molar refractivity (Wildman–Crippen MR) is 173 cm³/mol. The topological polar surface area (TPSA) is 119 Å². The predicted octanol–water partition coefficient (Wildman–Crippen LogP) is 9.41. The van der Waals surface area contributed by atoms with E-state index in [0.29, 0.717) is 11.4 Å². The van der Waals surface area contributed by atoms with Crippen molar-refractivity contribution in [1.29, 1.82) is 0 Å². The fourth-order valence-electron chi connectivity index (χ4n) is 4.11. The lowest BCUT2D eigenvalue weighted by Crippen LogP contribution is -2.23. The molecule has 0 spiro atoms. The Hall–Kier alpha value is -3.68. The fourth-order valence-corrected chi connectivity index (χ4v) is 4.11. The number of rotatable bonds is 3. The van der Waals surface area contributed by atoms with Gasteiger partial charge in [-0.25, -0.2) is 0 Å². The summed E-state index contributed by atoms with van der Waals surface area (Å²) in [4.78, 5) is 17.7. The van der Waals surface area contributed by atoms with Crippen molar-refractivity contribution in [3.8, 4) is 11.5 Å². The molecule has 2 heterocycles. The minimum Gasteiger partial charge on any atom is -0.486 e. The molecule has 2 aromatic carbocycles. The molecule has 0 fully saturated rings. The number of aromatic amines is 2. The van der Waals surface area contributed by atoms with Crippen molar-refractivity contribution in [2.45, 2.75) is 113 Å². The minimum atomic E-state index is -0.488. The molecule has 0 aliphatic carbocycles. The lowest BCUT2D eigenvalue weighted by Gasteiger charge is -2.22. The van der Waals surface area contributed by atoms with Gasteiger partial charge in [-0.2, -0.15) is 0 Å². The molecule has 0 aliphatic rings. The molecule has 0 saturated heterocycles. The van der Waals surface area contributed by atoms with E-state index in [4.69, 9.17) is 15.2 Å². The number of hydrogen-bond acceptors (Lipinski definition) is 5. The van der Waals surface area contributed by atoms with Crippen molar-refractivity contribution in [2.75, 3.05) is 5.73 Å². The number of nitrogens with one attached hydrogen (secondary N) is 2. The average Bonchev–Trinajstić information content (AvgIpc) is 3.35. The smallest absolute Gasteiger partial charge is 0.311 e. The van der Waals surface area contributed by atoms with E-state index in [1.54, 1.807) is 12.1 Å². The van der Waals surface area contributed by atoms with Gasteiger partial charge in [-0.15, -0.1) is 0 Å². The number of benzene rings is 2. The van der Waals surface area contributed by atoms with Crippen LogP contribution in [0.2, 0.25) is 0 Å². The second-order valence-electron chi connectivity index (χ2n) is 14.4. The number of nitro groups is 1. The van der Waals surface area contributed by atoms with Gasteiger partial charge in [0.2, 0.25) is 0 Å². The molecule has 0 bridgehead atoms. The van der Waals surface area contributed by atoms with E-state index in [9.17, 15) is 10.1 Å². The molecule has 0 saturated carbocycles. The number of H-pyrrole nitrogens is 2. The molecule has 8 nitrogen and oxygen atoms in total. The standard InChI is InChI=1S/C16H22N2O3.C16H24N2O.CH4/c1-15(2,3)14-8-10-7-12(18(19)20)13(9-11(10)17-14)21-16(4,5)6;1-15(2,3)14-8-10-7-11(17)13(9-12(10)18-14)19-16(4,5)6;/h7-9,17H,1-6H3;7-9,18H,17H2,1-6H3;1H4. The highest BCUT2D eigenvalue weighted by molar-refractivity contribution is 5.87. The number of aromatic nitrogens is 2. The Labute approximate surface area is 245 Å². The molecule has 41 heavy (non-hydrogen) atoms. The first kappa shape index (κ1) is 33.5. The Morgan fingerprint density at radius 1 is 0.659 bits per heavy atom. The van der Waals surface area contributed by atoms with E-state index in [0.717, 1.165) is 33.2 Å². The van der Waals surface area contributed by atoms with Gasteiger partial charge in [0, 0.05) is 62.2 Å². The highest BCUT2D eigenvalue weighted by Crippen LogP contribution is 2.36. The Balaban J connectivity index is 0.000000281. The van der Waals surface area contributed by atoms with E-state index in [-0.39, 0.29) is 29.5 Å². The zero-order chi connectivity index (χ0) is 30.4. The zero-order valence-electron chi connectivity index (χ0n) is 26.1. The van der Waals surface area contributed by atoms with Gasteiger partial charge in [0.05, 0.1) is 10.6 Å². The van der Waals surface area contributed by atoms with Crippen LogP contribution < -0.4 is 15.2 Å². The normalized spacial score (nSPS) is 12.5. The molecular formula is C33H50N4O4. The van der Waals surface area contributed by atoms with E-state index in [2.05, 4.69) is 57.6 Å². The molecular weight excluding hydrogens is 516 g/mol. The molecule has 226 valence electrons. The van der Waals surface area contributed by atoms with E-state index < -0.39 is 10.5 Å². The lowest BCUT2D eigenvalue weighted by atomic mass is 9.92. The number of nitrogen functional groups attached to an aromatic ring is 1. The Morgan fingerprint density at radius 2 is 1.05 bits per heavy atom. The summed E-state index contributed by atoms with van der Waals surface area (Å²) >= 11 is 0. The Kier molecular flexibility index (Phi) is 9.24. The Morgan fingerprint density at radius 3 is 1.44 bits per heavy atom. The maximum atomic E-state index is 11.3. The van der Waals surface area contributed by atoms with Gasteiger partial charge >= 0.3 is 5.69 Å². The fraction of sp³-hybridized carbons (Fsp3) is 0.515. The molecule has 8 heteroatoms. The molecule has 2 aromatic heterocycles. The van der Waals surface area contributed by atoms with Crippen molar-refractivity contribution in [2.24, 2.45) is 0 Å². The SMILES string of the molecule is C.CC(C)(C)Oc1cc2[nH]c(C(C)(C)C)cc2cc1N.CC(C)(C)Oc1cc2[nH]c(C(C)(C)C)cc2cc1[N+](=O)[O-]. The van der Waals surface area contributed by atoms with Crippen LogP contribution in [0.4, 0.5) is 11.4 Å². The highest BCUT2D eigenvalue weighted by atomic mass is 16.6. The van der Waals surface area contributed by atoms with Gasteiger partial charge in [-0.3, -0.25) is 10.1 Å². The number of anilines is 1. The van der Waals surface area contributed by atoms with Gasteiger partial charge in [0.25, 0.3) is 0 Å². The molecule has 0 aliphatic heterocycles. The van der Waals surface area contributed by atoms with Crippen LogP contribution in [0.3, 0.4) is 0 Å². The van der Waals surface area contributed by atoms with E-state index in [1.807, 2.05) is 59.7 Å². The number of nitrogens with two attached hydrogens (primary N) is 1. The third-order valence-corrected chi connectivity index (χ3v) is 6.10. The summed E-state index contributed by atoms with van der Waals surface area (Å²) in [6, 6.07) is 11.4. The highest BCUT2D eigenvalue weighted by Gasteiger charge is 2.24. The van der Waals surface area contributed by atoms with Crippen LogP contribution in [0.5, 0.6) is 11.5 Å². The van der Waals surface area contributed by atoms with Crippen molar-refractivity contribution in [1.82, 2.24) is 9.97 Å². The van der Waals surface area contributed by atoms with Crippen LogP contribution in [-0.4, -0.2) is 26.1 Å². The maximum Gasteiger partial charge on any atom is 0.311 e. The molecule has 0 atom stereocenters. The second-order valence-corrected chi connectivity index (χ2v) is 14.4. The summed E-state index contributed by atoms with van der Waals surface area (Å²) in [5.74, 6) is 1.03. The molecule has 4 N–H and O–H groups in total. The number of ether oxygens (including phenoxy) is 2.